The Kier molecular flexibility index (Phi) is 5.64. The van der Waals surface area contributed by atoms with Crippen LogP contribution in [0.15, 0.2) is 0 Å². The molecule has 0 aromatic rings. The quantitative estimate of drug-likeness (QED) is 0.608. The Labute approximate surface area is 63.6 Å². The normalized spacial score (nSPS) is 16.8. The van der Waals surface area contributed by atoms with Gasteiger partial charge in [0.15, 0.2) is 0 Å². The highest BCUT2D eigenvalue weighted by molar-refractivity contribution is 4.67. The lowest BCUT2D eigenvalue weighted by molar-refractivity contribution is 0.229. The minimum absolute atomic E-state index is 0.251. The van der Waals surface area contributed by atoms with Crippen LogP contribution in [0.25, 0.3) is 0 Å². The van der Waals surface area contributed by atoms with Crippen LogP contribution in [0, 0.1) is 0 Å². The molecule has 2 N–H and O–H groups in total. The van der Waals surface area contributed by atoms with E-state index < -0.39 is 0 Å². The van der Waals surface area contributed by atoms with Crippen molar-refractivity contribution in [3.63, 3.8) is 0 Å². The van der Waals surface area contributed by atoms with E-state index in [1.54, 1.807) is 0 Å². The van der Waals surface area contributed by atoms with Crippen LogP contribution >= 0.6 is 0 Å². The van der Waals surface area contributed by atoms with Gasteiger partial charge >= 0.3 is 0 Å². The Morgan fingerprint density at radius 1 is 1.30 bits per heavy atom. The van der Waals surface area contributed by atoms with Gasteiger partial charge in [-0.25, -0.2) is 0 Å². The van der Waals surface area contributed by atoms with E-state index >= 15 is 0 Å². The molecule has 0 aromatic heterocycles. The summed E-state index contributed by atoms with van der Waals surface area (Å²) in [6.07, 6.45) is 2.12. The smallest absolute Gasteiger partial charge is 0.0584 e. The van der Waals surface area contributed by atoms with Crippen LogP contribution in [-0.4, -0.2) is 23.8 Å². The molecule has 0 aliphatic rings. The molecule has 0 spiro atoms. The van der Waals surface area contributed by atoms with E-state index in [4.69, 9.17) is 5.11 Å². The Balaban J connectivity index is 3.41. The van der Waals surface area contributed by atoms with Gasteiger partial charge in [0.2, 0.25) is 0 Å². The Hall–Kier alpha value is -0.0800. The molecule has 0 rings (SSSR count). The zero-order valence-electron chi connectivity index (χ0n) is 7.22. The molecule has 0 amide bonds. The van der Waals surface area contributed by atoms with Crippen molar-refractivity contribution >= 4 is 0 Å². The van der Waals surface area contributed by atoms with E-state index in [1.165, 1.54) is 0 Å². The third-order valence-corrected chi connectivity index (χ3v) is 1.85. The molecule has 2 atom stereocenters. The van der Waals surface area contributed by atoms with Gasteiger partial charge in [-0.2, -0.15) is 0 Å². The molecule has 0 aliphatic heterocycles. The van der Waals surface area contributed by atoms with Gasteiger partial charge in [0.05, 0.1) is 6.61 Å². The van der Waals surface area contributed by atoms with E-state index in [2.05, 4.69) is 26.1 Å². The maximum absolute atomic E-state index is 8.81. The van der Waals surface area contributed by atoms with Crippen LogP contribution in [0.5, 0.6) is 0 Å². The van der Waals surface area contributed by atoms with Crippen LogP contribution in [0.4, 0.5) is 0 Å². The molecular formula is C8H19NO. The average molecular weight is 145 g/mol. The fraction of sp³-hybridized carbons (Fsp3) is 1.00. The number of hydrogen-bond acceptors (Lipinski definition) is 2. The van der Waals surface area contributed by atoms with Crippen molar-refractivity contribution in [1.82, 2.24) is 5.32 Å². The van der Waals surface area contributed by atoms with E-state index in [-0.39, 0.29) is 12.6 Å². The van der Waals surface area contributed by atoms with E-state index in [0.717, 1.165) is 12.8 Å². The molecule has 10 heavy (non-hydrogen) atoms. The van der Waals surface area contributed by atoms with E-state index in [0.29, 0.717) is 6.04 Å². The summed E-state index contributed by atoms with van der Waals surface area (Å²) in [6.45, 7) is 6.61. The van der Waals surface area contributed by atoms with Crippen molar-refractivity contribution in [3.8, 4) is 0 Å². The van der Waals surface area contributed by atoms with E-state index in [9.17, 15) is 0 Å². The lowest BCUT2D eigenvalue weighted by Gasteiger charge is -2.18. The number of rotatable bonds is 5. The van der Waals surface area contributed by atoms with Crippen LogP contribution in [0.3, 0.4) is 0 Å². The lowest BCUT2D eigenvalue weighted by Crippen LogP contribution is -2.38. The lowest BCUT2D eigenvalue weighted by atomic mass is 10.2. The van der Waals surface area contributed by atoms with Crippen molar-refractivity contribution in [2.45, 2.75) is 45.7 Å². The number of hydrogen-bond donors (Lipinski definition) is 2. The largest absolute Gasteiger partial charge is 0.395 e. The van der Waals surface area contributed by atoms with Gasteiger partial charge in [0.25, 0.3) is 0 Å². The molecular weight excluding hydrogens is 126 g/mol. The van der Waals surface area contributed by atoms with Crippen LogP contribution < -0.4 is 5.32 Å². The summed E-state index contributed by atoms with van der Waals surface area (Å²) in [4.78, 5) is 0. The van der Waals surface area contributed by atoms with Gasteiger partial charge in [-0.05, 0) is 19.8 Å². The van der Waals surface area contributed by atoms with Crippen LogP contribution in [0.1, 0.15) is 33.6 Å². The van der Waals surface area contributed by atoms with Gasteiger partial charge in [0.1, 0.15) is 0 Å². The third kappa shape index (κ3) is 3.85. The fourth-order valence-corrected chi connectivity index (χ4v) is 0.820. The van der Waals surface area contributed by atoms with Crippen molar-refractivity contribution in [1.29, 1.82) is 0 Å². The maximum atomic E-state index is 8.81. The first kappa shape index (κ1) is 9.92. The van der Waals surface area contributed by atoms with Crippen molar-refractivity contribution in [2.75, 3.05) is 6.61 Å². The highest BCUT2D eigenvalue weighted by Gasteiger charge is 2.05. The summed E-state index contributed by atoms with van der Waals surface area (Å²) in [6, 6.07) is 0.812. The minimum atomic E-state index is 0.251. The first-order valence-electron chi connectivity index (χ1n) is 4.11. The molecule has 62 valence electrons. The predicted molar refractivity (Wildman–Crippen MR) is 44.1 cm³/mol. The summed E-state index contributed by atoms with van der Waals surface area (Å²) in [5.41, 5.74) is 0. The zero-order chi connectivity index (χ0) is 7.98. The van der Waals surface area contributed by atoms with Crippen molar-refractivity contribution < 1.29 is 5.11 Å². The second kappa shape index (κ2) is 5.69. The topological polar surface area (TPSA) is 32.3 Å². The van der Waals surface area contributed by atoms with Crippen LogP contribution in [-0.2, 0) is 0 Å². The summed E-state index contributed by atoms with van der Waals surface area (Å²) >= 11 is 0. The second-order valence-electron chi connectivity index (χ2n) is 2.76. The zero-order valence-corrected chi connectivity index (χ0v) is 7.22. The monoisotopic (exact) mass is 145 g/mol. The van der Waals surface area contributed by atoms with Crippen molar-refractivity contribution in [3.05, 3.63) is 0 Å². The predicted octanol–water partition coefficient (Wildman–Crippen LogP) is 1.15. The summed E-state index contributed by atoms with van der Waals surface area (Å²) < 4.78 is 0. The Bertz CT molecular complexity index is 71.7. The van der Waals surface area contributed by atoms with Crippen LogP contribution in [0.2, 0.25) is 0 Å². The molecule has 0 heterocycles. The Morgan fingerprint density at radius 3 is 2.20 bits per heavy atom. The van der Waals surface area contributed by atoms with E-state index in [1.807, 2.05) is 0 Å². The highest BCUT2D eigenvalue weighted by atomic mass is 16.3. The molecule has 0 aliphatic carbocycles. The summed E-state index contributed by atoms with van der Waals surface area (Å²) in [7, 11) is 0. The molecule has 1 unspecified atom stereocenters. The highest BCUT2D eigenvalue weighted by Crippen LogP contribution is 1.94. The second-order valence-corrected chi connectivity index (χ2v) is 2.76. The molecule has 2 nitrogen and oxygen atoms in total. The maximum Gasteiger partial charge on any atom is 0.0584 e. The third-order valence-electron chi connectivity index (χ3n) is 1.85. The molecule has 2 heteroatoms. The standard InChI is InChI=1S/C8H19NO/c1-4-7(3)9-8(5-2)6-10/h7-10H,4-6H2,1-3H3/t7?,8-/m1/s1. The average Bonchev–Trinajstić information content (AvgIpc) is 1.99. The minimum Gasteiger partial charge on any atom is -0.395 e. The molecule has 0 aromatic carbocycles. The first-order chi connectivity index (χ1) is 4.74. The number of aliphatic hydroxyl groups excluding tert-OH is 1. The molecule has 0 saturated heterocycles. The van der Waals surface area contributed by atoms with Crippen molar-refractivity contribution in [2.24, 2.45) is 0 Å². The van der Waals surface area contributed by atoms with Gasteiger partial charge in [-0.3, -0.25) is 0 Å². The Morgan fingerprint density at radius 2 is 1.90 bits per heavy atom. The number of nitrogens with one attached hydrogen (secondary N) is 1. The fourth-order valence-electron chi connectivity index (χ4n) is 0.820. The SMILES string of the molecule is CCC(C)N[C@H](CC)CO. The number of aliphatic hydroxyl groups is 1. The van der Waals surface area contributed by atoms with Gasteiger partial charge in [-0.1, -0.05) is 13.8 Å². The molecule has 0 bridgehead atoms. The summed E-state index contributed by atoms with van der Waals surface area (Å²) in [5.74, 6) is 0. The molecule has 0 fully saturated rings. The van der Waals surface area contributed by atoms with Gasteiger partial charge < -0.3 is 10.4 Å². The molecule has 0 saturated carbocycles. The van der Waals surface area contributed by atoms with Gasteiger partial charge in [0, 0.05) is 12.1 Å². The molecule has 0 radical (unpaired) electrons. The van der Waals surface area contributed by atoms with Gasteiger partial charge in [-0.15, -0.1) is 0 Å². The first-order valence-corrected chi connectivity index (χ1v) is 4.11. The summed E-state index contributed by atoms with van der Waals surface area (Å²) in [5, 5.41) is 12.1.